The Morgan fingerprint density at radius 1 is 1.50 bits per heavy atom. The van der Waals surface area contributed by atoms with Gasteiger partial charge in [-0.2, -0.15) is 5.10 Å². The Kier molecular flexibility index (Phi) is 4.00. The lowest BCUT2D eigenvalue weighted by Gasteiger charge is -2.13. The number of halogens is 1. The maximum absolute atomic E-state index is 12.0. The second kappa shape index (κ2) is 5.94. The highest BCUT2D eigenvalue weighted by atomic mass is 35.5. The van der Waals surface area contributed by atoms with Crippen molar-refractivity contribution in [2.45, 2.75) is 20.0 Å². The minimum absolute atomic E-state index is 0.396. The van der Waals surface area contributed by atoms with Crippen molar-refractivity contribution < 1.29 is 9.53 Å². The van der Waals surface area contributed by atoms with Crippen LogP contribution in [-0.2, 0) is 4.74 Å². The highest BCUT2D eigenvalue weighted by molar-refractivity contribution is 7.17. The standard InChI is InChI=1S/C14H13ClN4O2S/c1-8-12(22-13-16-7-17-19(8)13)9(2)21-14(20)18-11-5-3-4-10(15)6-11/h3-7,9H,1-2H3,(H,18,20)/t9-/m0/s1. The van der Waals surface area contributed by atoms with Gasteiger partial charge in [0.1, 0.15) is 12.4 Å². The number of thiazole rings is 1. The third-order valence-electron chi connectivity index (χ3n) is 3.12. The highest BCUT2D eigenvalue weighted by Gasteiger charge is 2.19. The molecule has 6 nitrogen and oxygen atoms in total. The Labute approximate surface area is 135 Å². The first-order chi connectivity index (χ1) is 10.5. The topological polar surface area (TPSA) is 68.5 Å². The molecule has 3 rings (SSSR count). The largest absolute Gasteiger partial charge is 0.440 e. The average Bonchev–Trinajstić information content (AvgIpc) is 3.02. The number of carbonyl (C=O) groups excluding carboxylic acids is 1. The Morgan fingerprint density at radius 3 is 3.05 bits per heavy atom. The van der Waals surface area contributed by atoms with E-state index in [0.29, 0.717) is 10.7 Å². The van der Waals surface area contributed by atoms with Crippen LogP contribution in [-0.4, -0.2) is 20.7 Å². The predicted molar refractivity (Wildman–Crippen MR) is 85.6 cm³/mol. The first kappa shape index (κ1) is 14.8. The number of ether oxygens (including phenoxy) is 1. The van der Waals surface area contributed by atoms with E-state index in [9.17, 15) is 4.79 Å². The monoisotopic (exact) mass is 336 g/mol. The Hall–Kier alpha value is -2.12. The lowest BCUT2D eigenvalue weighted by molar-refractivity contribution is 0.122. The zero-order valence-corrected chi connectivity index (χ0v) is 13.5. The molecule has 0 saturated carbocycles. The minimum atomic E-state index is -0.534. The molecule has 0 saturated heterocycles. The number of hydrogen-bond acceptors (Lipinski definition) is 5. The molecule has 0 fully saturated rings. The molecule has 1 N–H and O–H groups in total. The van der Waals surface area contributed by atoms with Gasteiger partial charge in [0.05, 0.1) is 10.6 Å². The molecule has 0 aliphatic heterocycles. The van der Waals surface area contributed by atoms with Gasteiger partial charge in [0, 0.05) is 10.7 Å². The van der Waals surface area contributed by atoms with Gasteiger partial charge < -0.3 is 4.74 Å². The van der Waals surface area contributed by atoms with E-state index in [-0.39, 0.29) is 0 Å². The van der Waals surface area contributed by atoms with Crippen LogP contribution in [0.25, 0.3) is 4.96 Å². The van der Waals surface area contributed by atoms with E-state index >= 15 is 0 Å². The molecule has 1 atom stereocenters. The van der Waals surface area contributed by atoms with Crippen LogP contribution in [0.5, 0.6) is 0 Å². The molecular weight excluding hydrogens is 324 g/mol. The fourth-order valence-corrected chi connectivity index (χ4v) is 3.32. The van der Waals surface area contributed by atoms with E-state index in [1.165, 1.54) is 17.7 Å². The number of rotatable bonds is 3. The van der Waals surface area contributed by atoms with Crippen molar-refractivity contribution in [3.8, 4) is 0 Å². The van der Waals surface area contributed by atoms with Gasteiger partial charge in [0.25, 0.3) is 0 Å². The van der Waals surface area contributed by atoms with Crippen molar-refractivity contribution in [2.24, 2.45) is 0 Å². The van der Waals surface area contributed by atoms with Crippen molar-refractivity contribution in [2.75, 3.05) is 5.32 Å². The third kappa shape index (κ3) is 2.90. The third-order valence-corrected chi connectivity index (χ3v) is 4.66. The zero-order valence-electron chi connectivity index (χ0n) is 11.9. The van der Waals surface area contributed by atoms with Crippen molar-refractivity contribution in [1.29, 1.82) is 0 Å². The Bertz CT molecular complexity index is 829. The molecule has 0 radical (unpaired) electrons. The molecule has 1 amide bonds. The number of fused-ring (bicyclic) bond motifs is 1. The number of hydrogen-bond donors (Lipinski definition) is 1. The fourth-order valence-electron chi connectivity index (χ4n) is 2.11. The highest BCUT2D eigenvalue weighted by Crippen LogP contribution is 2.29. The SMILES string of the molecule is Cc1c([C@H](C)OC(=O)Nc2cccc(Cl)c2)sc2ncnn12. The minimum Gasteiger partial charge on any atom is -0.440 e. The Morgan fingerprint density at radius 2 is 2.32 bits per heavy atom. The molecule has 3 aromatic rings. The molecule has 114 valence electrons. The van der Waals surface area contributed by atoms with Gasteiger partial charge in [0.15, 0.2) is 0 Å². The summed E-state index contributed by atoms with van der Waals surface area (Å²) in [5.41, 5.74) is 1.50. The molecule has 0 aliphatic carbocycles. The number of anilines is 1. The fraction of sp³-hybridized carbons (Fsp3) is 0.214. The molecule has 8 heteroatoms. The van der Waals surface area contributed by atoms with Crippen LogP contribution >= 0.6 is 22.9 Å². The van der Waals surface area contributed by atoms with Gasteiger partial charge in [-0.05, 0) is 32.0 Å². The quantitative estimate of drug-likeness (QED) is 0.783. The van der Waals surface area contributed by atoms with E-state index in [1.807, 2.05) is 13.8 Å². The predicted octanol–water partition coefficient (Wildman–Crippen LogP) is 4.06. The van der Waals surface area contributed by atoms with Crippen molar-refractivity contribution in [1.82, 2.24) is 14.6 Å². The van der Waals surface area contributed by atoms with Crippen LogP contribution in [0, 0.1) is 6.92 Å². The van der Waals surface area contributed by atoms with E-state index < -0.39 is 12.2 Å². The summed E-state index contributed by atoms with van der Waals surface area (Å²) in [6, 6.07) is 6.89. The van der Waals surface area contributed by atoms with Gasteiger partial charge in [-0.3, -0.25) is 5.32 Å². The Balaban J connectivity index is 1.70. The lowest BCUT2D eigenvalue weighted by atomic mass is 10.3. The summed E-state index contributed by atoms with van der Waals surface area (Å²) in [6.45, 7) is 3.73. The smallest absolute Gasteiger partial charge is 0.412 e. The van der Waals surface area contributed by atoms with Gasteiger partial charge in [0.2, 0.25) is 4.96 Å². The second-order valence-corrected chi connectivity index (χ2v) is 6.13. The van der Waals surface area contributed by atoms with Crippen LogP contribution in [0.4, 0.5) is 10.5 Å². The van der Waals surface area contributed by atoms with E-state index in [4.69, 9.17) is 16.3 Å². The van der Waals surface area contributed by atoms with E-state index in [1.54, 1.807) is 28.8 Å². The maximum Gasteiger partial charge on any atom is 0.412 e. The number of nitrogens with one attached hydrogen (secondary N) is 1. The summed E-state index contributed by atoms with van der Waals surface area (Å²) >= 11 is 7.33. The first-order valence-electron chi connectivity index (χ1n) is 6.57. The summed E-state index contributed by atoms with van der Waals surface area (Å²) in [5.74, 6) is 0. The molecule has 2 aromatic heterocycles. The number of amides is 1. The number of aromatic nitrogens is 3. The molecule has 0 aliphatic rings. The van der Waals surface area contributed by atoms with Crippen LogP contribution in [0.3, 0.4) is 0 Å². The molecular formula is C14H13ClN4O2S. The number of aryl methyl sites for hydroxylation is 1. The van der Waals surface area contributed by atoms with Gasteiger partial charge in [-0.15, -0.1) is 0 Å². The second-order valence-electron chi connectivity index (χ2n) is 4.69. The maximum atomic E-state index is 12.0. The number of carbonyl (C=O) groups is 1. The van der Waals surface area contributed by atoms with Gasteiger partial charge >= 0.3 is 6.09 Å². The molecule has 1 aromatic carbocycles. The number of benzene rings is 1. The van der Waals surface area contributed by atoms with Crippen molar-refractivity contribution in [3.05, 3.63) is 46.2 Å². The van der Waals surface area contributed by atoms with Gasteiger partial charge in [-0.1, -0.05) is 29.0 Å². The van der Waals surface area contributed by atoms with Crippen molar-refractivity contribution >= 4 is 39.7 Å². The summed E-state index contributed by atoms with van der Waals surface area (Å²) < 4.78 is 7.14. The lowest BCUT2D eigenvalue weighted by Crippen LogP contribution is -2.16. The van der Waals surface area contributed by atoms with Crippen LogP contribution in [0.2, 0.25) is 5.02 Å². The molecule has 0 unspecified atom stereocenters. The molecule has 0 spiro atoms. The first-order valence-corrected chi connectivity index (χ1v) is 7.76. The van der Waals surface area contributed by atoms with Crippen molar-refractivity contribution in [3.63, 3.8) is 0 Å². The van der Waals surface area contributed by atoms with Gasteiger partial charge in [-0.25, -0.2) is 14.3 Å². The summed E-state index contributed by atoms with van der Waals surface area (Å²) in [6.07, 6.45) is 0.570. The molecule has 22 heavy (non-hydrogen) atoms. The summed E-state index contributed by atoms with van der Waals surface area (Å²) in [7, 11) is 0. The summed E-state index contributed by atoms with van der Waals surface area (Å²) in [4.78, 5) is 17.8. The van der Waals surface area contributed by atoms with E-state index in [0.717, 1.165) is 15.5 Å². The zero-order chi connectivity index (χ0) is 15.7. The van der Waals surface area contributed by atoms with Crippen LogP contribution in [0.15, 0.2) is 30.6 Å². The van der Waals surface area contributed by atoms with Crippen LogP contribution in [0.1, 0.15) is 23.6 Å². The molecule has 2 heterocycles. The van der Waals surface area contributed by atoms with E-state index in [2.05, 4.69) is 15.4 Å². The molecule has 0 bridgehead atoms. The van der Waals surface area contributed by atoms with Crippen LogP contribution < -0.4 is 5.32 Å². The normalized spacial score (nSPS) is 12.3. The number of nitrogens with zero attached hydrogens (tertiary/aromatic N) is 3. The summed E-state index contributed by atoms with van der Waals surface area (Å²) in [5, 5.41) is 7.32. The average molecular weight is 337 g/mol.